The van der Waals surface area contributed by atoms with Gasteiger partial charge in [-0.15, -0.1) is 0 Å². The van der Waals surface area contributed by atoms with Crippen LogP contribution in [0.3, 0.4) is 0 Å². The van der Waals surface area contributed by atoms with Crippen molar-refractivity contribution in [1.29, 1.82) is 0 Å². The van der Waals surface area contributed by atoms with Crippen molar-refractivity contribution in [1.82, 2.24) is 0 Å². The van der Waals surface area contributed by atoms with E-state index in [9.17, 15) is 14.7 Å². The molecule has 0 saturated heterocycles. The summed E-state index contributed by atoms with van der Waals surface area (Å²) < 4.78 is 6.32. The number of rotatable bonds is 16. The van der Waals surface area contributed by atoms with Crippen LogP contribution in [0, 0.1) is 0 Å². The van der Waals surface area contributed by atoms with Gasteiger partial charge in [0.1, 0.15) is 11.5 Å². The molecule has 3 aromatic carbocycles. The predicted octanol–water partition coefficient (Wildman–Crippen LogP) is 9.51. The number of ether oxygens (including phenoxy) is 1. The molecule has 0 aliphatic rings. The van der Waals surface area contributed by atoms with Crippen molar-refractivity contribution in [2.24, 2.45) is 0 Å². The number of amides is 2. The van der Waals surface area contributed by atoms with Crippen molar-refractivity contribution < 1.29 is 19.4 Å². The molecule has 0 spiro atoms. The quantitative estimate of drug-likeness (QED) is 0.115. The Morgan fingerprint density at radius 2 is 1.48 bits per heavy atom. The molecular formula is C32H40Cl2N2O4. The van der Waals surface area contributed by atoms with Gasteiger partial charge in [-0.3, -0.25) is 9.59 Å². The first-order valence-corrected chi connectivity index (χ1v) is 15.0. The Bertz CT molecular complexity index is 1280. The van der Waals surface area contributed by atoms with Gasteiger partial charge in [-0.1, -0.05) is 118 Å². The van der Waals surface area contributed by atoms with Crippen LogP contribution in [-0.2, 0) is 9.59 Å². The topological polar surface area (TPSA) is 87.7 Å². The number of anilines is 2. The third-order valence-corrected chi connectivity index (χ3v) is 7.47. The van der Waals surface area contributed by atoms with Crippen LogP contribution in [0.5, 0.6) is 11.5 Å². The SMILES string of the molecule is CCCCCCCCCCCCC(Oc1c(Cl)ccc2ccccc12)C(=O)Nc1cc(O)c(NC(C)=O)cc1Cl. The molecule has 3 rings (SSSR count). The second-order valence-corrected chi connectivity index (χ2v) is 11.0. The van der Waals surface area contributed by atoms with E-state index in [1.807, 2.05) is 30.3 Å². The molecule has 0 aromatic heterocycles. The second kappa shape index (κ2) is 16.3. The van der Waals surface area contributed by atoms with Crippen LogP contribution in [0.15, 0.2) is 48.5 Å². The van der Waals surface area contributed by atoms with E-state index in [1.165, 1.54) is 64.0 Å². The Kier molecular flexibility index (Phi) is 12.9. The number of aromatic hydroxyl groups is 1. The highest BCUT2D eigenvalue weighted by Crippen LogP contribution is 2.36. The van der Waals surface area contributed by atoms with E-state index >= 15 is 0 Å². The summed E-state index contributed by atoms with van der Waals surface area (Å²) in [7, 11) is 0. The van der Waals surface area contributed by atoms with E-state index in [1.54, 1.807) is 6.07 Å². The Morgan fingerprint density at radius 3 is 2.15 bits per heavy atom. The highest BCUT2D eigenvalue weighted by atomic mass is 35.5. The first-order chi connectivity index (χ1) is 19.3. The summed E-state index contributed by atoms with van der Waals surface area (Å²) in [5.74, 6) is -0.491. The maximum Gasteiger partial charge on any atom is 0.265 e. The van der Waals surface area contributed by atoms with Gasteiger partial charge in [-0.25, -0.2) is 0 Å². The minimum absolute atomic E-state index is 0.163. The highest BCUT2D eigenvalue weighted by Gasteiger charge is 2.24. The standard InChI is InChI=1S/C32H40Cl2N2O4/c1-3-4-5-6-7-8-9-10-11-12-17-30(40-31-24-16-14-13-15-23(24)18-19-25(31)33)32(39)36-27-21-29(38)28(20-26(27)34)35-22(2)37/h13-16,18-21,30,38H,3-12,17H2,1-2H3,(H,35,37)(H,36,39). The molecule has 1 unspecified atom stereocenters. The van der Waals surface area contributed by atoms with Crippen LogP contribution in [0.25, 0.3) is 10.8 Å². The van der Waals surface area contributed by atoms with Gasteiger partial charge in [0.2, 0.25) is 5.91 Å². The minimum atomic E-state index is -0.828. The van der Waals surface area contributed by atoms with E-state index in [0.717, 1.165) is 30.0 Å². The largest absolute Gasteiger partial charge is 0.506 e. The van der Waals surface area contributed by atoms with Crippen LogP contribution < -0.4 is 15.4 Å². The van der Waals surface area contributed by atoms with Crippen LogP contribution in [-0.4, -0.2) is 23.0 Å². The van der Waals surface area contributed by atoms with Crippen molar-refractivity contribution in [2.75, 3.05) is 10.6 Å². The molecule has 0 aliphatic heterocycles. The van der Waals surface area contributed by atoms with Crippen LogP contribution in [0.2, 0.25) is 10.0 Å². The minimum Gasteiger partial charge on any atom is -0.506 e. The number of benzene rings is 3. The summed E-state index contributed by atoms with van der Waals surface area (Å²) in [6, 6.07) is 14.1. The molecule has 216 valence electrons. The second-order valence-electron chi connectivity index (χ2n) is 10.2. The predicted molar refractivity (Wildman–Crippen MR) is 166 cm³/mol. The summed E-state index contributed by atoms with van der Waals surface area (Å²) >= 11 is 12.9. The molecule has 0 aliphatic carbocycles. The van der Waals surface area contributed by atoms with E-state index in [2.05, 4.69) is 17.6 Å². The van der Waals surface area contributed by atoms with Gasteiger partial charge in [-0.2, -0.15) is 0 Å². The van der Waals surface area contributed by atoms with E-state index < -0.39 is 12.0 Å². The molecule has 0 radical (unpaired) electrons. The fourth-order valence-electron chi connectivity index (χ4n) is 4.70. The molecule has 40 heavy (non-hydrogen) atoms. The molecule has 0 saturated carbocycles. The Balaban J connectivity index is 1.70. The van der Waals surface area contributed by atoms with Gasteiger partial charge in [0.05, 0.1) is 21.4 Å². The summed E-state index contributed by atoms with van der Waals surface area (Å²) in [5.41, 5.74) is 0.384. The number of hydrogen-bond donors (Lipinski definition) is 3. The highest BCUT2D eigenvalue weighted by molar-refractivity contribution is 6.34. The monoisotopic (exact) mass is 586 g/mol. The Labute approximate surface area is 247 Å². The molecule has 0 fully saturated rings. The first-order valence-electron chi connectivity index (χ1n) is 14.2. The average Bonchev–Trinajstić information content (AvgIpc) is 2.92. The number of nitrogens with one attached hydrogen (secondary N) is 2. The first kappa shape index (κ1) is 31.6. The maximum absolute atomic E-state index is 13.5. The van der Waals surface area contributed by atoms with E-state index in [4.69, 9.17) is 27.9 Å². The number of fused-ring (bicyclic) bond motifs is 1. The van der Waals surface area contributed by atoms with Crippen molar-refractivity contribution in [3.05, 3.63) is 58.6 Å². The zero-order valence-corrected chi connectivity index (χ0v) is 24.9. The van der Waals surface area contributed by atoms with Crippen molar-refractivity contribution in [3.63, 3.8) is 0 Å². The summed E-state index contributed by atoms with van der Waals surface area (Å²) in [5, 5.41) is 18.0. The van der Waals surface area contributed by atoms with Gasteiger partial charge >= 0.3 is 0 Å². The zero-order valence-electron chi connectivity index (χ0n) is 23.4. The number of halogens is 2. The molecular weight excluding hydrogens is 547 g/mol. The van der Waals surface area contributed by atoms with Crippen molar-refractivity contribution in [3.8, 4) is 11.5 Å². The van der Waals surface area contributed by atoms with Crippen LogP contribution >= 0.6 is 23.2 Å². The maximum atomic E-state index is 13.5. The van der Waals surface area contributed by atoms with Gasteiger partial charge < -0.3 is 20.5 Å². The molecule has 0 bridgehead atoms. The number of hydrogen-bond acceptors (Lipinski definition) is 4. The third kappa shape index (κ3) is 9.60. The fraction of sp³-hybridized carbons (Fsp3) is 0.438. The van der Waals surface area contributed by atoms with Gasteiger partial charge in [-0.05, 0) is 30.4 Å². The fourth-order valence-corrected chi connectivity index (χ4v) is 5.12. The molecule has 3 N–H and O–H groups in total. The lowest BCUT2D eigenvalue weighted by atomic mass is 10.0. The molecule has 0 heterocycles. The van der Waals surface area contributed by atoms with Crippen molar-refractivity contribution >= 4 is 57.2 Å². The van der Waals surface area contributed by atoms with Gasteiger partial charge in [0.15, 0.2) is 6.10 Å². The summed E-state index contributed by atoms with van der Waals surface area (Å²) in [6.07, 6.45) is 11.5. The Morgan fingerprint density at radius 1 is 0.825 bits per heavy atom. The molecule has 2 amide bonds. The number of unbranched alkanes of at least 4 members (excludes halogenated alkanes) is 9. The number of carbonyl (C=O) groups is 2. The Hall–Kier alpha value is -2.96. The lowest BCUT2D eigenvalue weighted by Gasteiger charge is -2.21. The molecule has 8 heteroatoms. The number of carbonyl (C=O) groups excluding carboxylic acids is 2. The van der Waals surface area contributed by atoms with Crippen LogP contribution in [0.4, 0.5) is 11.4 Å². The molecule has 3 aromatic rings. The van der Waals surface area contributed by atoms with Crippen LogP contribution in [0.1, 0.15) is 84.5 Å². The molecule has 6 nitrogen and oxygen atoms in total. The number of phenolic OH excluding ortho intramolecular Hbond substituents is 1. The summed E-state index contributed by atoms with van der Waals surface area (Å²) in [6.45, 7) is 3.56. The van der Waals surface area contributed by atoms with E-state index in [-0.39, 0.29) is 28.1 Å². The number of phenols is 1. The lowest BCUT2D eigenvalue weighted by molar-refractivity contribution is -0.123. The van der Waals surface area contributed by atoms with Gasteiger partial charge in [0, 0.05) is 18.4 Å². The lowest BCUT2D eigenvalue weighted by Crippen LogP contribution is -2.33. The van der Waals surface area contributed by atoms with Gasteiger partial charge in [0.25, 0.3) is 5.91 Å². The third-order valence-electron chi connectivity index (χ3n) is 6.86. The summed E-state index contributed by atoms with van der Waals surface area (Å²) in [4.78, 5) is 24.9. The normalized spacial score (nSPS) is 11.8. The zero-order chi connectivity index (χ0) is 28.9. The van der Waals surface area contributed by atoms with Crippen molar-refractivity contribution in [2.45, 2.75) is 90.6 Å². The van der Waals surface area contributed by atoms with E-state index in [0.29, 0.717) is 17.2 Å². The average molecular weight is 588 g/mol. The molecule has 1 atom stereocenters. The smallest absolute Gasteiger partial charge is 0.265 e.